The van der Waals surface area contributed by atoms with Crippen LogP contribution in [0.5, 0.6) is 0 Å². The van der Waals surface area contributed by atoms with Gasteiger partial charge in [0.25, 0.3) is 0 Å². The Labute approximate surface area is 181 Å². The number of benzene rings is 1. The molecule has 29 heavy (non-hydrogen) atoms. The number of halogens is 1. The Morgan fingerprint density at radius 1 is 1.17 bits per heavy atom. The normalized spacial score (nSPS) is 12.4. The van der Waals surface area contributed by atoms with Gasteiger partial charge in [0.15, 0.2) is 5.13 Å². The van der Waals surface area contributed by atoms with Crippen molar-refractivity contribution in [2.45, 2.75) is 19.1 Å². The lowest BCUT2D eigenvalue weighted by Crippen LogP contribution is -2.31. The highest BCUT2D eigenvalue weighted by Crippen LogP contribution is 2.37. The summed E-state index contributed by atoms with van der Waals surface area (Å²) in [6.07, 6.45) is 4.35. The van der Waals surface area contributed by atoms with Crippen molar-refractivity contribution in [3.63, 3.8) is 0 Å². The number of anilines is 1. The van der Waals surface area contributed by atoms with Crippen LogP contribution in [0.25, 0.3) is 20.1 Å². The van der Waals surface area contributed by atoms with Crippen molar-refractivity contribution in [1.29, 1.82) is 0 Å². The van der Waals surface area contributed by atoms with E-state index in [1.54, 1.807) is 36.0 Å². The van der Waals surface area contributed by atoms with Crippen molar-refractivity contribution in [3.8, 4) is 9.88 Å². The van der Waals surface area contributed by atoms with Crippen molar-refractivity contribution in [3.05, 3.63) is 59.0 Å². The first-order valence-electron chi connectivity index (χ1n) is 9.06. The highest BCUT2D eigenvalue weighted by Gasteiger charge is 2.17. The zero-order chi connectivity index (χ0) is 20.2. The number of nitrogens with zero attached hydrogens (tertiary/aromatic N) is 3. The number of hydrogen-bond donors (Lipinski definition) is 2. The maximum atomic E-state index is 6.30. The van der Waals surface area contributed by atoms with Crippen LogP contribution in [0.1, 0.15) is 11.3 Å². The summed E-state index contributed by atoms with van der Waals surface area (Å²) in [5, 5.41) is 5.84. The van der Waals surface area contributed by atoms with Crippen LogP contribution in [0, 0.1) is 0 Å². The molecule has 4 rings (SSSR count). The molecule has 0 radical (unpaired) electrons. The SMILES string of the molecule is COCc1nc(NC[C@H](N)Cc2ccc(Cl)cc2)sc1-c1nc2ccncc2s1. The molecule has 0 aliphatic heterocycles. The molecule has 3 N–H and O–H groups in total. The van der Waals surface area contributed by atoms with E-state index in [0.717, 1.165) is 47.9 Å². The molecule has 9 heteroatoms. The van der Waals surface area contributed by atoms with Crippen LogP contribution in [-0.4, -0.2) is 34.6 Å². The van der Waals surface area contributed by atoms with Gasteiger partial charge in [-0.15, -0.1) is 11.3 Å². The van der Waals surface area contributed by atoms with E-state index in [9.17, 15) is 0 Å². The molecule has 6 nitrogen and oxygen atoms in total. The standard InChI is InChI=1S/C20H20ClN5OS2/c1-27-11-16-18(19-25-15-6-7-23-10-17(15)28-19)29-20(26-16)24-9-14(22)8-12-2-4-13(21)5-3-12/h2-7,10,14H,8-9,11,22H2,1H3,(H,24,26)/t14-/m1/s1. The first-order valence-corrected chi connectivity index (χ1v) is 11.1. The van der Waals surface area contributed by atoms with Gasteiger partial charge in [0, 0.05) is 37.1 Å². The van der Waals surface area contributed by atoms with Gasteiger partial charge < -0.3 is 15.8 Å². The van der Waals surface area contributed by atoms with Crippen LogP contribution in [0.3, 0.4) is 0 Å². The number of nitrogens with two attached hydrogens (primary N) is 1. The van der Waals surface area contributed by atoms with Gasteiger partial charge in [0.1, 0.15) is 5.01 Å². The minimum atomic E-state index is -0.0390. The molecule has 150 valence electrons. The van der Waals surface area contributed by atoms with Gasteiger partial charge in [-0.3, -0.25) is 4.98 Å². The Morgan fingerprint density at radius 3 is 2.76 bits per heavy atom. The second-order valence-electron chi connectivity index (χ2n) is 6.56. The molecule has 0 aliphatic carbocycles. The Hall–Kier alpha value is -2.10. The lowest BCUT2D eigenvalue weighted by Gasteiger charge is -2.12. The van der Waals surface area contributed by atoms with Gasteiger partial charge in [0.05, 0.1) is 27.4 Å². The van der Waals surface area contributed by atoms with Gasteiger partial charge in [0.2, 0.25) is 0 Å². The zero-order valence-corrected chi connectivity index (χ0v) is 18.2. The Kier molecular flexibility index (Phi) is 6.37. The summed E-state index contributed by atoms with van der Waals surface area (Å²) in [4.78, 5) is 14.6. The second kappa shape index (κ2) is 9.15. The molecule has 1 atom stereocenters. The quantitative estimate of drug-likeness (QED) is 0.412. The van der Waals surface area contributed by atoms with E-state index in [1.807, 2.05) is 36.5 Å². The van der Waals surface area contributed by atoms with Crippen molar-refractivity contribution in [2.24, 2.45) is 5.73 Å². The summed E-state index contributed by atoms with van der Waals surface area (Å²) in [5.41, 5.74) is 9.27. The summed E-state index contributed by atoms with van der Waals surface area (Å²) >= 11 is 9.12. The van der Waals surface area contributed by atoms with Gasteiger partial charge in [-0.05, 0) is 30.2 Å². The van der Waals surface area contributed by atoms with E-state index in [0.29, 0.717) is 13.2 Å². The van der Waals surface area contributed by atoms with Gasteiger partial charge >= 0.3 is 0 Å². The molecule has 0 amide bonds. The third-order valence-corrected chi connectivity index (χ3v) is 6.76. The Bertz CT molecular complexity index is 1060. The Morgan fingerprint density at radius 2 is 2.00 bits per heavy atom. The monoisotopic (exact) mass is 445 g/mol. The van der Waals surface area contributed by atoms with Crippen LogP contribution in [0.4, 0.5) is 5.13 Å². The molecule has 1 aromatic carbocycles. The fraction of sp³-hybridized carbons (Fsp3) is 0.250. The van der Waals surface area contributed by atoms with Crippen molar-refractivity contribution in [2.75, 3.05) is 19.0 Å². The lowest BCUT2D eigenvalue weighted by atomic mass is 10.1. The first-order chi connectivity index (χ1) is 14.1. The number of aromatic nitrogens is 3. The second-order valence-corrected chi connectivity index (χ2v) is 9.03. The highest BCUT2D eigenvalue weighted by atomic mass is 35.5. The van der Waals surface area contributed by atoms with Gasteiger partial charge in [-0.2, -0.15) is 0 Å². The molecule has 3 aromatic heterocycles. The molecule has 3 heterocycles. The van der Waals surface area contributed by atoms with Crippen LogP contribution in [0.2, 0.25) is 5.02 Å². The lowest BCUT2D eigenvalue weighted by molar-refractivity contribution is 0.182. The number of rotatable bonds is 8. The minimum Gasteiger partial charge on any atom is -0.378 e. The number of thiazole rings is 2. The molecular weight excluding hydrogens is 426 g/mol. The average Bonchev–Trinajstić information content (AvgIpc) is 3.32. The number of fused-ring (bicyclic) bond motifs is 1. The molecule has 0 saturated heterocycles. The number of nitrogens with one attached hydrogen (secondary N) is 1. The number of ether oxygens (including phenoxy) is 1. The third kappa shape index (κ3) is 4.91. The minimum absolute atomic E-state index is 0.0390. The van der Waals surface area contributed by atoms with Crippen molar-refractivity contribution >= 4 is 49.6 Å². The van der Waals surface area contributed by atoms with Crippen LogP contribution in [-0.2, 0) is 17.8 Å². The molecular formula is C20H20ClN5OS2. The highest BCUT2D eigenvalue weighted by molar-refractivity contribution is 7.26. The molecule has 0 bridgehead atoms. The predicted molar refractivity (Wildman–Crippen MR) is 121 cm³/mol. The third-order valence-electron chi connectivity index (χ3n) is 4.29. The maximum absolute atomic E-state index is 6.30. The Balaban J connectivity index is 1.48. The van der Waals surface area contributed by atoms with Crippen LogP contribution in [0.15, 0.2) is 42.7 Å². The number of methoxy groups -OCH3 is 1. The molecule has 4 aromatic rings. The van der Waals surface area contributed by atoms with Crippen molar-refractivity contribution < 1.29 is 4.74 Å². The summed E-state index contributed by atoms with van der Waals surface area (Å²) < 4.78 is 6.39. The summed E-state index contributed by atoms with van der Waals surface area (Å²) in [7, 11) is 1.67. The molecule has 0 aliphatic rings. The number of hydrogen-bond acceptors (Lipinski definition) is 8. The van der Waals surface area contributed by atoms with E-state index in [-0.39, 0.29) is 6.04 Å². The van der Waals surface area contributed by atoms with Crippen LogP contribution >= 0.6 is 34.3 Å². The topological polar surface area (TPSA) is 86.0 Å². The van der Waals surface area contributed by atoms with E-state index in [1.165, 1.54) is 0 Å². The number of pyridine rings is 1. The zero-order valence-electron chi connectivity index (χ0n) is 15.8. The fourth-order valence-corrected chi connectivity index (χ4v) is 5.05. The first kappa shape index (κ1) is 20.2. The fourth-order valence-electron chi connectivity index (χ4n) is 2.92. The summed E-state index contributed by atoms with van der Waals surface area (Å²) in [6.45, 7) is 1.05. The average molecular weight is 446 g/mol. The summed E-state index contributed by atoms with van der Waals surface area (Å²) in [6, 6.07) is 9.65. The molecule has 0 saturated carbocycles. The van der Waals surface area contributed by atoms with E-state index in [2.05, 4.69) is 10.3 Å². The van der Waals surface area contributed by atoms with Crippen LogP contribution < -0.4 is 11.1 Å². The van der Waals surface area contributed by atoms with Gasteiger partial charge in [-0.1, -0.05) is 35.1 Å². The smallest absolute Gasteiger partial charge is 0.183 e. The van der Waals surface area contributed by atoms with Gasteiger partial charge in [-0.25, -0.2) is 9.97 Å². The summed E-state index contributed by atoms with van der Waals surface area (Å²) in [5.74, 6) is 0. The van der Waals surface area contributed by atoms with Crippen molar-refractivity contribution in [1.82, 2.24) is 15.0 Å². The molecule has 0 unspecified atom stereocenters. The predicted octanol–water partition coefficient (Wildman–Crippen LogP) is 4.60. The van der Waals surface area contributed by atoms with E-state index < -0.39 is 0 Å². The molecule has 0 fully saturated rings. The maximum Gasteiger partial charge on any atom is 0.183 e. The van der Waals surface area contributed by atoms with E-state index in [4.69, 9.17) is 32.0 Å². The van der Waals surface area contributed by atoms with E-state index >= 15 is 0 Å². The molecule has 0 spiro atoms. The largest absolute Gasteiger partial charge is 0.378 e.